The van der Waals surface area contributed by atoms with Crippen LogP contribution in [0.3, 0.4) is 0 Å². The van der Waals surface area contributed by atoms with Crippen molar-refractivity contribution in [1.82, 2.24) is 25.1 Å². The molecule has 11 heteroatoms. The van der Waals surface area contributed by atoms with Gasteiger partial charge < -0.3 is 10.2 Å². The molecular weight excluding hydrogens is 519 g/mol. The van der Waals surface area contributed by atoms with E-state index in [1.54, 1.807) is 17.5 Å². The maximum Gasteiger partial charge on any atom is 0.321 e. The lowest BCUT2D eigenvalue weighted by Gasteiger charge is -2.31. The number of pyridine rings is 1. The number of hydrogen-bond acceptors (Lipinski definition) is 7. The summed E-state index contributed by atoms with van der Waals surface area (Å²) in [6.45, 7) is 7.39. The number of halogens is 2. The first-order valence-electron chi connectivity index (χ1n) is 11.6. The van der Waals surface area contributed by atoms with E-state index in [0.717, 1.165) is 49.5 Å². The second-order valence-corrected chi connectivity index (χ2v) is 10.6. The number of likely N-dealkylation sites (N-methyl/N-ethyl adjacent to an activating group) is 1. The second kappa shape index (κ2) is 11.6. The molecule has 0 saturated carbocycles. The Labute approximate surface area is 223 Å². The zero-order valence-electron chi connectivity index (χ0n) is 20.1. The van der Waals surface area contributed by atoms with Gasteiger partial charge in [-0.3, -0.25) is 15.2 Å². The summed E-state index contributed by atoms with van der Waals surface area (Å²) >= 11 is 2.90. The Morgan fingerprint density at radius 3 is 2.69 bits per heavy atom. The quantitative estimate of drug-likeness (QED) is 0.332. The summed E-state index contributed by atoms with van der Waals surface area (Å²) < 4.78 is 16.5. The topological polar surface area (TPSA) is 73.4 Å². The molecule has 3 aromatic heterocycles. The van der Waals surface area contributed by atoms with Gasteiger partial charge in [0.25, 0.3) is 0 Å². The highest BCUT2D eigenvalue weighted by Gasteiger charge is 2.22. The van der Waals surface area contributed by atoms with Crippen LogP contribution in [0.15, 0.2) is 41.9 Å². The highest BCUT2D eigenvalue weighted by atomic mass is 35.5. The van der Waals surface area contributed by atoms with Gasteiger partial charge in [-0.1, -0.05) is 17.4 Å². The van der Waals surface area contributed by atoms with Gasteiger partial charge in [0.05, 0.1) is 10.4 Å². The van der Waals surface area contributed by atoms with Crippen LogP contribution >= 0.6 is 35.1 Å². The summed E-state index contributed by atoms with van der Waals surface area (Å²) in [6.07, 6.45) is 1.72. The van der Waals surface area contributed by atoms with Crippen molar-refractivity contribution in [2.24, 2.45) is 0 Å². The fraction of sp³-hybridized carbons (Fsp3) is 0.320. The Balaban J connectivity index is 0.00000304. The normalized spacial score (nSPS) is 14.5. The van der Waals surface area contributed by atoms with E-state index in [1.807, 2.05) is 36.6 Å². The summed E-state index contributed by atoms with van der Waals surface area (Å²) in [5.74, 6) is -0.385. The number of aromatic nitrogens is 2. The monoisotopic (exact) mass is 546 g/mol. The predicted molar refractivity (Wildman–Crippen MR) is 149 cm³/mol. The number of rotatable bonds is 6. The number of urea groups is 1. The number of thiophene rings is 1. The number of anilines is 1. The number of nitrogens with one attached hydrogen (secondary N) is 2. The van der Waals surface area contributed by atoms with Gasteiger partial charge in [0, 0.05) is 61.5 Å². The summed E-state index contributed by atoms with van der Waals surface area (Å²) in [7, 11) is 2.15. The van der Waals surface area contributed by atoms with Crippen molar-refractivity contribution in [3.63, 3.8) is 0 Å². The molecule has 36 heavy (non-hydrogen) atoms. The molecule has 5 rings (SSSR count). The third kappa shape index (κ3) is 5.68. The maximum absolute atomic E-state index is 15.8. The number of carbonyl (C=O) groups is 1. The molecule has 1 fully saturated rings. The van der Waals surface area contributed by atoms with Gasteiger partial charge in [-0.15, -0.1) is 23.7 Å². The number of carbonyl (C=O) groups excluding carboxylic acids is 1. The Kier molecular flexibility index (Phi) is 8.53. The van der Waals surface area contributed by atoms with Gasteiger partial charge in [-0.25, -0.2) is 14.2 Å². The van der Waals surface area contributed by atoms with Crippen LogP contribution in [0.4, 0.5) is 14.3 Å². The van der Waals surface area contributed by atoms with Crippen molar-refractivity contribution in [3.8, 4) is 22.4 Å². The van der Waals surface area contributed by atoms with Crippen LogP contribution in [0.2, 0.25) is 0 Å². The van der Waals surface area contributed by atoms with Crippen molar-refractivity contribution >= 4 is 56.5 Å². The molecule has 4 heterocycles. The molecule has 2 amide bonds. The largest absolute Gasteiger partial charge is 0.338 e. The third-order valence-corrected chi connectivity index (χ3v) is 7.97. The second-order valence-electron chi connectivity index (χ2n) is 8.56. The third-order valence-electron chi connectivity index (χ3n) is 6.04. The highest BCUT2D eigenvalue weighted by molar-refractivity contribution is 7.22. The van der Waals surface area contributed by atoms with E-state index in [0.29, 0.717) is 21.9 Å². The van der Waals surface area contributed by atoms with E-state index in [2.05, 4.69) is 43.5 Å². The van der Waals surface area contributed by atoms with Crippen molar-refractivity contribution in [3.05, 3.63) is 52.6 Å². The minimum Gasteiger partial charge on any atom is -0.338 e. The van der Waals surface area contributed by atoms with E-state index in [9.17, 15) is 4.79 Å². The number of hydrogen-bond donors (Lipinski definition) is 2. The molecule has 0 bridgehead atoms. The van der Waals surface area contributed by atoms with Crippen LogP contribution in [0.5, 0.6) is 0 Å². The van der Waals surface area contributed by atoms with Crippen LogP contribution in [-0.4, -0.2) is 65.6 Å². The molecule has 7 nitrogen and oxygen atoms in total. The van der Waals surface area contributed by atoms with Gasteiger partial charge in [-0.05, 0) is 49.2 Å². The Hall–Kier alpha value is -2.63. The number of thiazole rings is 1. The standard InChI is InChI=1S/C25H27FN6OS2.ClH/c1-3-27-24(33)30-25-29-22-21(26)18(13-19(23(22)35-25)20-6-4-5-7-28-20)16-12-17(34-15-16)14-32-10-8-31(2)9-11-32;/h4-7,12-13,15H,3,8-11,14H2,1-2H3,(H2,27,29,30,33);1H. The molecular formula is C25H28ClFN6OS2. The number of nitrogens with zero attached hydrogens (tertiary/aromatic N) is 4. The minimum absolute atomic E-state index is 0. The van der Waals surface area contributed by atoms with Gasteiger partial charge >= 0.3 is 6.03 Å². The first-order chi connectivity index (χ1) is 17.0. The molecule has 1 aliphatic heterocycles. The number of benzene rings is 1. The average molecular weight is 547 g/mol. The number of fused-ring (bicyclic) bond motifs is 1. The summed E-state index contributed by atoms with van der Waals surface area (Å²) in [6, 6.07) is 9.23. The van der Waals surface area contributed by atoms with Gasteiger partial charge in [0.2, 0.25) is 0 Å². The van der Waals surface area contributed by atoms with Crippen molar-refractivity contribution < 1.29 is 9.18 Å². The van der Waals surface area contributed by atoms with Gasteiger partial charge in [0.1, 0.15) is 5.52 Å². The van der Waals surface area contributed by atoms with E-state index in [-0.39, 0.29) is 29.8 Å². The van der Waals surface area contributed by atoms with Crippen molar-refractivity contribution in [2.75, 3.05) is 45.1 Å². The van der Waals surface area contributed by atoms with Crippen molar-refractivity contribution in [1.29, 1.82) is 0 Å². The predicted octanol–water partition coefficient (Wildman–Crippen LogP) is 5.54. The maximum atomic E-state index is 15.8. The minimum atomic E-state index is -0.385. The summed E-state index contributed by atoms with van der Waals surface area (Å²) in [4.78, 5) is 27.0. The van der Waals surface area contributed by atoms with E-state index in [1.165, 1.54) is 16.2 Å². The van der Waals surface area contributed by atoms with Gasteiger partial charge in [-0.2, -0.15) is 0 Å². The first kappa shape index (κ1) is 26.4. The van der Waals surface area contributed by atoms with E-state index in [4.69, 9.17) is 0 Å². The van der Waals surface area contributed by atoms with Crippen LogP contribution in [0.1, 0.15) is 11.8 Å². The first-order valence-corrected chi connectivity index (χ1v) is 13.3. The highest BCUT2D eigenvalue weighted by Crippen LogP contribution is 2.41. The Morgan fingerprint density at radius 2 is 1.97 bits per heavy atom. The van der Waals surface area contributed by atoms with Crippen LogP contribution < -0.4 is 10.6 Å². The number of piperazine rings is 1. The lowest BCUT2D eigenvalue weighted by Crippen LogP contribution is -2.43. The van der Waals surface area contributed by atoms with Crippen LogP contribution in [-0.2, 0) is 6.54 Å². The molecule has 190 valence electrons. The SMILES string of the molecule is CCNC(=O)Nc1nc2c(F)c(-c3csc(CN4CCN(C)CC4)c3)cc(-c3ccccn3)c2s1.Cl. The molecule has 0 radical (unpaired) electrons. The average Bonchev–Trinajstić information content (AvgIpc) is 3.49. The smallest absolute Gasteiger partial charge is 0.321 e. The fourth-order valence-corrected chi connectivity index (χ4v) is 6.07. The Morgan fingerprint density at radius 1 is 1.17 bits per heavy atom. The number of amides is 2. The summed E-state index contributed by atoms with van der Waals surface area (Å²) in [5.41, 5.74) is 3.10. The molecule has 4 aromatic rings. The molecule has 0 unspecified atom stereocenters. The summed E-state index contributed by atoms with van der Waals surface area (Å²) in [5, 5.41) is 7.75. The molecule has 0 aliphatic carbocycles. The lowest BCUT2D eigenvalue weighted by molar-refractivity contribution is 0.149. The zero-order chi connectivity index (χ0) is 24.4. The Bertz CT molecular complexity index is 1340. The molecule has 0 spiro atoms. The van der Waals surface area contributed by atoms with Crippen LogP contribution in [0.25, 0.3) is 32.6 Å². The molecule has 1 aromatic carbocycles. The fourth-order valence-electron chi connectivity index (χ4n) is 4.16. The van der Waals surface area contributed by atoms with Crippen molar-refractivity contribution in [2.45, 2.75) is 13.5 Å². The van der Waals surface area contributed by atoms with E-state index < -0.39 is 0 Å². The molecule has 0 atom stereocenters. The molecule has 1 aliphatic rings. The lowest BCUT2D eigenvalue weighted by atomic mass is 10.0. The molecule has 2 N–H and O–H groups in total. The zero-order valence-corrected chi connectivity index (χ0v) is 22.5. The van der Waals surface area contributed by atoms with E-state index >= 15 is 4.39 Å². The van der Waals surface area contributed by atoms with Crippen LogP contribution in [0, 0.1) is 5.82 Å². The molecule has 1 saturated heterocycles. The van der Waals surface area contributed by atoms with Gasteiger partial charge in [0.15, 0.2) is 10.9 Å².